The van der Waals surface area contributed by atoms with E-state index in [9.17, 15) is 19.3 Å². The Balaban J connectivity index is 2.22. The molecule has 2 rings (SSSR count). The van der Waals surface area contributed by atoms with Crippen molar-refractivity contribution in [2.75, 3.05) is 5.73 Å². The van der Waals surface area contributed by atoms with Crippen LogP contribution in [-0.2, 0) is 6.54 Å². The molecular weight excluding hydrogens is 365 g/mol. The van der Waals surface area contributed by atoms with Crippen LogP contribution in [0.1, 0.15) is 15.2 Å². The first-order valence-electron chi connectivity index (χ1n) is 5.65. The van der Waals surface area contributed by atoms with Crippen molar-refractivity contribution >= 4 is 44.5 Å². The van der Waals surface area contributed by atoms with E-state index in [0.29, 0.717) is 0 Å². The van der Waals surface area contributed by atoms with Crippen molar-refractivity contribution in [2.24, 2.45) is 0 Å². The first kappa shape index (κ1) is 15.4. The molecule has 1 aromatic carbocycles. The van der Waals surface area contributed by atoms with Gasteiger partial charge in [-0.05, 0) is 34.1 Å². The lowest BCUT2D eigenvalue weighted by molar-refractivity contribution is -0.384. The minimum Gasteiger partial charge on any atom is -0.392 e. The smallest absolute Gasteiger partial charge is 0.293 e. The molecule has 0 aliphatic carbocycles. The number of nitrogens with two attached hydrogens (primary N) is 1. The Hall–Kier alpha value is -2.00. The van der Waals surface area contributed by atoms with Gasteiger partial charge in [0.15, 0.2) is 0 Å². The van der Waals surface area contributed by atoms with E-state index in [1.165, 1.54) is 11.3 Å². The zero-order valence-electron chi connectivity index (χ0n) is 10.4. The summed E-state index contributed by atoms with van der Waals surface area (Å²) in [4.78, 5) is 22.8. The van der Waals surface area contributed by atoms with Crippen molar-refractivity contribution in [1.82, 2.24) is 5.32 Å². The summed E-state index contributed by atoms with van der Waals surface area (Å²) in [7, 11) is 0. The Kier molecular flexibility index (Phi) is 4.53. The minimum absolute atomic E-state index is 0.177. The molecule has 0 bridgehead atoms. The number of nitro benzene ring substituents is 1. The lowest BCUT2D eigenvalue weighted by Crippen LogP contribution is -2.25. The zero-order valence-corrected chi connectivity index (χ0v) is 12.8. The van der Waals surface area contributed by atoms with Crippen molar-refractivity contribution < 1.29 is 14.1 Å². The van der Waals surface area contributed by atoms with Gasteiger partial charge in [0.05, 0.1) is 15.3 Å². The molecule has 1 heterocycles. The van der Waals surface area contributed by atoms with Gasteiger partial charge in [0.2, 0.25) is 0 Å². The molecule has 110 valence electrons. The molecule has 1 amide bonds. The molecule has 2 aromatic rings. The van der Waals surface area contributed by atoms with E-state index in [2.05, 4.69) is 21.2 Å². The SMILES string of the molecule is Nc1c([N+](=O)[O-])ccc(F)c1C(=O)NCc1ccc(Br)s1. The number of amides is 1. The molecule has 0 aliphatic rings. The normalized spacial score (nSPS) is 10.4. The van der Waals surface area contributed by atoms with E-state index in [1.54, 1.807) is 6.07 Å². The topological polar surface area (TPSA) is 98.3 Å². The largest absolute Gasteiger partial charge is 0.392 e. The number of anilines is 1. The number of hydrogen-bond donors (Lipinski definition) is 2. The predicted molar refractivity (Wildman–Crippen MR) is 80.7 cm³/mol. The van der Waals surface area contributed by atoms with Crippen molar-refractivity contribution in [2.45, 2.75) is 6.54 Å². The molecule has 0 atom stereocenters. The Morgan fingerprint density at radius 2 is 2.14 bits per heavy atom. The summed E-state index contributed by atoms with van der Waals surface area (Å²) in [5.41, 5.74) is 4.02. The molecule has 9 heteroatoms. The van der Waals surface area contributed by atoms with Crippen LogP contribution in [0.2, 0.25) is 0 Å². The molecule has 6 nitrogen and oxygen atoms in total. The van der Waals surface area contributed by atoms with Crippen molar-refractivity contribution in [3.63, 3.8) is 0 Å². The van der Waals surface area contributed by atoms with Gasteiger partial charge in [0.25, 0.3) is 11.6 Å². The summed E-state index contributed by atoms with van der Waals surface area (Å²) < 4.78 is 14.6. The second-order valence-corrected chi connectivity index (χ2v) is 6.55. The van der Waals surface area contributed by atoms with Crippen LogP contribution in [0.4, 0.5) is 15.8 Å². The average molecular weight is 374 g/mol. The quantitative estimate of drug-likeness (QED) is 0.488. The standard InChI is InChI=1S/C12H9BrFN3O3S/c13-9-4-1-6(21-9)5-16-12(18)10-7(14)2-3-8(11(10)15)17(19)20/h1-4H,5,15H2,(H,16,18). The fourth-order valence-electron chi connectivity index (χ4n) is 1.67. The Bertz CT molecular complexity index is 720. The molecule has 1 aromatic heterocycles. The second-order valence-electron chi connectivity index (χ2n) is 4.00. The highest BCUT2D eigenvalue weighted by Gasteiger charge is 2.23. The number of benzene rings is 1. The van der Waals surface area contributed by atoms with E-state index >= 15 is 0 Å². The van der Waals surface area contributed by atoms with Crippen molar-refractivity contribution in [1.29, 1.82) is 0 Å². The summed E-state index contributed by atoms with van der Waals surface area (Å²) in [6, 6.07) is 5.39. The molecule has 3 N–H and O–H groups in total. The molecular formula is C12H9BrFN3O3S. The highest BCUT2D eigenvalue weighted by molar-refractivity contribution is 9.11. The fraction of sp³-hybridized carbons (Fsp3) is 0.0833. The Labute approximate surface area is 131 Å². The number of halogens is 2. The number of hydrogen-bond acceptors (Lipinski definition) is 5. The van der Waals surface area contributed by atoms with Gasteiger partial charge < -0.3 is 11.1 Å². The van der Waals surface area contributed by atoms with E-state index in [4.69, 9.17) is 5.73 Å². The van der Waals surface area contributed by atoms with Crippen LogP contribution in [0.3, 0.4) is 0 Å². The molecule has 0 aliphatic heterocycles. The number of carbonyl (C=O) groups excluding carboxylic acids is 1. The molecule has 0 spiro atoms. The van der Waals surface area contributed by atoms with E-state index in [0.717, 1.165) is 20.8 Å². The molecule has 21 heavy (non-hydrogen) atoms. The van der Waals surface area contributed by atoms with Crippen molar-refractivity contribution in [3.05, 3.63) is 54.4 Å². The molecule has 0 saturated carbocycles. The van der Waals surface area contributed by atoms with Gasteiger partial charge in [-0.2, -0.15) is 0 Å². The maximum absolute atomic E-state index is 13.7. The first-order chi connectivity index (χ1) is 9.90. The third-order valence-corrected chi connectivity index (χ3v) is 4.27. The summed E-state index contributed by atoms with van der Waals surface area (Å²) in [5, 5.41) is 13.2. The van der Waals surface area contributed by atoms with Crippen LogP contribution in [0.25, 0.3) is 0 Å². The van der Waals surface area contributed by atoms with Crippen LogP contribution >= 0.6 is 27.3 Å². The van der Waals surface area contributed by atoms with Gasteiger partial charge >= 0.3 is 0 Å². The van der Waals surface area contributed by atoms with E-state index in [-0.39, 0.29) is 6.54 Å². The third-order valence-electron chi connectivity index (χ3n) is 2.65. The molecule has 0 radical (unpaired) electrons. The summed E-state index contributed by atoms with van der Waals surface area (Å²) in [6.45, 7) is 0.177. The number of thiophene rings is 1. The Morgan fingerprint density at radius 3 is 2.71 bits per heavy atom. The monoisotopic (exact) mass is 373 g/mol. The van der Waals surface area contributed by atoms with Gasteiger partial charge in [0, 0.05) is 10.9 Å². The van der Waals surface area contributed by atoms with Crippen LogP contribution in [0, 0.1) is 15.9 Å². The molecule has 0 unspecified atom stereocenters. The van der Waals surface area contributed by atoms with Gasteiger partial charge in [-0.25, -0.2) is 4.39 Å². The van der Waals surface area contributed by atoms with Crippen LogP contribution in [0.5, 0.6) is 0 Å². The fourth-order valence-corrected chi connectivity index (χ4v) is 3.10. The van der Waals surface area contributed by atoms with Crippen LogP contribution < -0.4 is 11.1 Å². The van der Waals surface area contributed by atoms with Gasteiger partial charge in [-0.15, -0.1) is 11.3 Å². The molecule has 0 saturated heterocycles. The maximum atomic E-state index is 13.7. The highest BCUT2D eigenvalue weighted by atomic mass is 79.9. The first-order valence-corrected chi connectivity index (χ1v) is 7.26. The minimum atomic E-state index is -0.900. The number of carbonyl (C=O) groups is 1. The number of nitrogens with zero attached hydrogens (tertiary/aromatic N) is 1. The van der Waals surface area contributed by atoms with E-state index < -0.39 is 33.6 Å². The van der Waals surface area contributed by atoms with Gasteiger partial charge in [-0.1, -0.05) is 0 Å². The number of nitro groups is 1. The summed E-state index contributed by atoms with van der Waals surface area (Å²) in [5.74, 6) is -1.69. The van der Waals surface area contributed by atoms with Gasteiger partial charge in [-0.3, -0.25) is 14.9 Å². The zero-order chi connectivity index (χ0) is 15.6. The van der Waals surface area contributed by atoms with Gasteiger partial charge in [0.1, 0.15) is 17.1 Å². The number of nitrogens with one attached hydrogen (secondary N) is 1. The second kappa shape index (κ2) is 6.19. The third kappa shape index (κ3) is 3.37. The predicted octanol–water partition coefficient (Wildman–Crippen LogP) is 3.07. The van der Waals surface area contributed by atoms with Crippen LogP contribution in [0.15, 0.2) is 28.1 Å². The van der Waals surface area contributed by atoms with Crippen LogP contribution in [-0.4, -0.2) is 10.8 Å². The number of nitrogen functional groups attached to an aromatic ring is 1. The summed E-state index contributed by atoms with van der Waals surface area (Å²) >= 11 is 4.69. The van der Waals surface area contributed by atoms with Crippen molar-refractivity contribution in [3.8, 4) is 0 Å². The lowest BCUT2D eigenvalue weighted by Gasteiger charge is -2.08. The number of rotatable bonds is 4. The van der Waals surface area contributed by atoms with E-state index in [1.807, 2.05) is 6.07 Å². The molecule has 0 fully saturated rings. The lowest BCUT2D eigenvalue weighted by atomic mass is 10.1. The highest BCUT2D eigenvalue weighted by Crippen LogP contribution is 2.27. The summed E-state index contributed by atoms with van der Waals surface area (Å²) in [6.07, 6.45) is 0. The Morgan fingerprint density at radius 1 is 1.43 bits per heavy atom. The maximum Gasteiger partial charge on any atom is 0.293 e. The average Bonchev–Trinajstić information content (AvgIpc) is 2.82.